The molecule has 1 unspecified atom stereocenters. The zero-order valence-electron chi connectivity index (χ0n) is 9.98. The number of esters is 2. The van der Waals surface area contributed by atoms with Crippen LogP contribution in [0.25, 0.3) is 0 Å². The molecule has 0 aliphatic carbocycles. The normalized spacial score (nSPS) is 11.2. The Labute approximate surface area is 108 Å². The summed E-state index contributed by atoms with van der Waals surface area (Å²) in [6, 6.07) is 8.00. The minimum absolute atomic E-state index is 0.269. The Hall–Kier alpha value is -2.64. The molecule has 1 rings (SSSR count). The maximum absolute atomic E-state index is 11.5. The molecular weight excluding hydrogens is 258 g/mol. The van der Waals surface area contributed by atoms with Crippen LogP contribution in [0, 0.1) is 10.1 Å². The van der Waals surface area contributed by atoms with Gasteiger partial charge in [0.2, 0.25) is 0 Å². The van der Waals surface area contributed by atoms with E-state index in [1.54, 1.807) is 18.2 Å². The van der Waals surface area contributed by atoms with Crippen molar-refractivity contribution in [2.75, 3.05) is 6.61 Å². The van der Waals surface area contributed by atoms with Crippen LogP contribution < -0.4 is 0 Å². The molecule has 0 bridgehead atoms. The van der Waals surface area contributed by atoms with Gasteiger partial charge in [0.15, 0.2) is 6.61 Å². The van der Waals surface area contributed by atoms with Crippen LogP contribution in [-0.4, -0.2) is 29.9 Å². The summed E-state index contributed by atoms with van der Waals surface area (Å²) in [5, 5.41) is 9.02. The molecule has 0 N–H and O–H groups in total. The third-order valence-electron chi connectivity index (χ3n) is 1.86. The molecule has 0 radical (unpaired) electrons. The highest BCUT2D eigenvalue weighted by Crippen LogP contribution is 2.04. The molecule has 0 saturated heterocycles. The number of carbonyl (C=O) groups excluding carboxylic acids is 2. The Morgan fingerprint density at radius 2 is 1.95 bits per heavy atom. The van der Waals surface area contributed by atoms with Gasteiger partial charge < -0.3 is 9.47 Å². The zero-order valence-corrected chi connectivity index (χ0v) is 9.98. The second-order valence-electron chi connectivity index (χ2n) is 3.33. The summed E-state index contributed by atoms with van der Waals surface area (Å²) in [6.45, 7) is 0.476. The maximum Gasteiger partial charge on any atom is 0.338 e. The zero-order chi connectivity index (χ0) is 14.3. The third-order valence-corrected chi connectivity index (χ3v) is 1.86. The Morgan fingerprint density at radius 1 is 1.32 bits per heavy atom. The molecule has 0 heterocycles. The molecule has 8 heteroatoms. The van der Waals surface area contributed by atoms with Crippen LogP contribution in [0.15, 0.2) is 30.3 Å². The molecule has 102 valence electrons. The second-order valence-corrected chi connectivity index (χ2v) is 3.33. The summed E-state index contributed by atoms with van der Waals surface area (Å²) < 4.78 is 9.21. The standard InChI is InChI=1S/C11H11NO7/c1-8(13)18-10(19-12(15)16)7-17-11(14)9-5-3-2-4-6-9/h2-6,10H,7H2,1H3. The second kappa shape index (κ2) is 6.94. The third kappa shape index (κ3) is 5.48. The molecule has 0 aliphatic heterocycles. The first-order chi connectivity index (χ1) is 8.99. The van der Waals surface area contributed by atoms with E-state index in [1.807, 2.05) is 0 Å². The molecule has 0 fully saturated rings. The molecule has 0 aromatic heterocycles. The first-order valence-electron chi connectivity index (χ1n) is 5.19. The van der Waals surface area contributed by atoms with E-state index in [0.29, 0.717) is 0 Å². The Morgan fingerprint density at radius 3 is 2.47 bits per heavy atom. The lowest BCUT2D eigenvalue weighted by Gasteiger charge is -2.14. The van der Waals surface area contributed by atoms with Crippen LogP contribution in [0.4, 0.5) is 0 Å². The Bertz CT molecular complexity index is 443. The maximum atomic E-state index is 11.5. The van der Waals surface area contributed by atoms with Crippen LogP contribution in [0.2, 0.25) is 0 Å². The summed E-state index contributed by atoms with van der Waals surface area (Å²) in [5.41, 5.74) is 0.269. The van der Waals surface area contributed by atoms with Gasteiger partial charge in [-0.3, -0.25) is 9.63 Å². The van der Waals surface area contributed by atoms with Gasteiger partial charge in [-0.2, -0.15) is 0 Å². The van der Waals surface area contributed by atoms with Crippen molar-refractivity contribution in [1.82, 2.24) is 0 Å². The van der Waals surface area contributed by atoms with E-state index in [2.05, 4.69) is 9.57 Å². The molecule has 0 aliphatic rings. The molecule has 0 spiro atoms. The van der Waals surface area contributed by atoms with Crippen molar-refractivity contribution in [3.63, 3.8) is 0 Å². The predicted octanol–water partition coefficient (Wildman–Crippen LogP) is 0.941. The van der Waals surface area contributed by atoms with Crippen LogP contribution in [-0.2, 0) is 19.1 Å². The number of carbonyl (C=O) groups is 2. The van der Waals surface area contributed by atoms with Gasteiger partial charge in [0.05, 0.1) is 5.56 Å². The highest BCUT2D eigenvalue weighted by atomic mass is 17.0. The Kier molecular flexibility index (Phi) is 5.27. The van der Waals surface area contributed by atoms with E-state index < -0.39 is 29.9 Å². The monoisotopic (exact) mass is 269 g/mol. The highest BCUT2D eigenvalue weighted by molar-refractivity contribution is 5.89. The van der Waals surface area contributed by atoms with Crippen molar-refractivity contribution < 1.29 is 29.0 Å². The highest BCUT2D eigenvalue weighted by Gasteiger charge is 2.19. The molecule has 1 aromatic rings. The molecule has 0 amide bonds. The molecular formula is C11H11NO7. The largest absolute Gasteiger partial charge is 0.456 e. The lowest BCUT2D eigenvalue weighted by atomic mass is 10.2. The summed E-state index contributed by atoms with van der Waals surface area (Å²) >= 11 is 0. The smallest absolute Gasteiger partial charge is 0.338 e. The Balaban J connectivity index is 2.53. The number of ether oxygens (including phenoxy) is 2. The van der Waals surface area contributed by atoms with Gasteiger partial charge in [0.1, 0.15) is 0 Å². The SMILES string of the molecule is CC(=O)OC(COC(=O)c1ccccc1)O[N+](=O)[O-]. The first kappa shape index (κ1) is 14.4. The van der Waals surface area contributed by atoms with E-state index in [4.69, 9.17) is 4.74 Å². The summed E-state index contributed by atoms with van der Waals surface area (Å²) in [5.74, 6) is -1.49. The van der Waals surface area contributed by atoms with Crippen molar-refractivity contribution >= 4 is 11.9 Å². The molecule has 19 heavy (non-hydrogen) atoms. The lowest BCUT2D eigenvalue weighted by molar-refractivity contribution is -0.779. The van der Waals surface area contributed by atoms with Crippen LogP contribution >= 0.6 is 0 Å². The van der Waals surface area contributed by atoms with Crippen molar-refractivity contribution in [2.45, 2.75) is 13.2 Å². The molecule has 0 saturated carbocycles. The van der Waals surface area contributed by atoms with Gasteiger partial charge in [-0.1, -0.05) is 18.2 Å². The molecule has 1 atom stereocenters. The lowest BCUT2D eigenvalue weighted by Crippen LogP contribution is -2.29. The number of hydrogen-bond donors (Lipinski definition) is 0. The number of rotatable bonds is 6. The summed E-state index contributed by atoms with van der Waals surface area (Å²) in [7, 11) is 0. The summed E-state index contributed by atoms with van der Waals surface area (Å²) in [6.07, 6.45) is -1.58. The topological polar surface area (TPSA) is 105 Å². The molecule has 1 aromatic carbocycles. The number of benzene rings is 1. The van der Waals surface area contributed by atoms with Crippen LogP contribution in [0.5, 0.6) is 0 Å². The first-order valence-corrected chi connectivity index (χ1v) is 5.19. The van der Waals surface area contributed by atoms with E-state index in [1.165, 1.54) is 12.1 Å². The van der Waals surface area contributed by atoms with Crippen molar-refractivity contribution in [3.8, 4) is 0 Å². The summed E-state index contributed by atoms with van der Waals surface area (Å²) in [4.78, 5) is 36.4. The van der Waals surface area contributed by atoms with E-state index in [-0.39, 0.29) is 5.56 Å². The average molecular weight is 269 g/mol. The van der Waals surface area contributed by atoms with Gasteiger partial charge in [-0.15, -0.1) is 10.1 Å². The van der Waals surface area contributed by atoms with E-state index in [0.717, 1.165) is 6.92 Å². The number of hydrogen-bond acceptors (Lipinski definition) is 7. The minimum atomic E-state index is -1.58. The predicted molar refractivity (Wildman–Crippen MR) is 60.4 cm³/mol. The fourth-order valence-electron chi connectivity index (χ4n) is 1.17. The van der Waals surface area contributed by atoms with Gasteiger partial charge in [0, 0.05) is 6.92 Å². The van der Waals surface area contributed by atoms with Crippen LogP contribution in [0.3, 0.4) is 0 Å². The van der Waals surface area contributed by atoms with Gasteiger partial charge >= 0.3 is 11.9 Å². The average Bonchev–Trinajstić information content (AvgIpc) is 2.35. The quantitative estimate of drug-likeness (QED) is 0.327. The minimum Gasteiger partial charge on any atom is -0.456 e. The van der Waals surface area contributed by atoms with Gasteiger partial charge in [-0.05, 0) is 12.1 Å². The van der Waals surface area contributed by atoms with Crippen molar-refractivity contribution in [3.05, 3.63) is 46.0 Å². The molecule has 8 nitrogen and oxygen atoms in total. The van der Waals surface area contributed by atoms with Crippen molar-refractivity contribution in [2.24, 2.45) is 0 Å². The number of nitrogens with zero attached hydrogens (tertiary/aromatic N) is 1. The van der Waals surface area contributed by atoms with Gasteiger partial charge in [-0.25, -0.2) is 4.79 Å². The van der Waals surface area contributed by atoms with E-state index >= 15 is 0 Å². The fraction of sp³-hybridized carbons (Fsp3) is 0.273. The fourth-order valence-corrected chi connectivity index (χ4v) is 1.17. The van der Waals surface area contributed by atoms with Crippen molar-refractivity contribution in [1.29, 1.82) is 0 Å². The van der Waals surface area contributed by atoms with Gasteiger partial charge in [0.25, 0.3) is 11.4 Å². The van der Waals surface area contributed by atoms with Crippen LogP contribution in [0.1, 0.15) is 17.3 Å². The van der Waals surface area contributed by atoms with E-state index in [9.17, 15) is 19.7 Å².